The van der Waals surface area contributed by atoms with Crippen LogP contribution in [0.1, 0.15) is 75.7 Å². The van der Waals surface area contributed by atoms with Crippen LogP contribution in [0.2, 0.25) is 0 Å². The van der Waals surface area contributed by atoms with Crippen LogP contribution in [0.25, 0.3) is 11.0 Å². The van der Waals surface area contributed by atoms with E-state index >= 15 is 0 Å². The number of carbonyl (C=O) groups excluding carboxylic acids is 3. The van der Waals surface area contributed by atoms with Crippen LogP contribution in [-0.4, -0.2) is 88.6 Å². The second-order valence-corrected chi connectivity index (χ2v) is 17.2. The van der Waals surface area contributed by atoms with Gasteiger partial charge in [0.15, 0.2) is 23.0 Å². The summed E-state index contributed by atoms with van der Waals surface area (Å²) in [6.07, 6.45) is 0. The van der Waals surface area contributed by atoms with Crippen LogP contribution >= 0.6 is 0 Å². The molecule has 67 heavy (non-hydrogen) atoms. The fraction of sp³-hybridized carbons (Fsp3) is 0.327. The van der Waals surface area contributed by atoms with Crippen LogP contribution in [0.4, 0.5) is 17.1 Å². The Morgan fingerprint density at radius 2 is 1.21 bits per heavy atom. The normalized spacial score (nSPS) is 12.5. The monoisotopic (exact) mass is 909 g/mol. The van der Waals surface area contributed by atoms with Gasteiger partial charge < -0.3 is 49.1 Å². The number of hydrogen-bond acceptors (Lipinski definition) is 11. The zero-order chi connectivity index (χ0) is 48.5. The molecule has 5 aromatic carbocycles. The molecule has 0 bridgehead atoms. The maximum absolute atomic E-state index is 12.8. The van der Waals surface area contributed by atoms with Gasteiger partial charge in [-0.1, -0.05) is 32.0 Å². The predicted molar refractivity (Wildman–Crippen MR) is 260 cm³/mol. The second kappa shape index (κ2) is 21.2. The maximum atomic E-state index is 12.8. The third-order valence-electron chi connectivity index (χ3n) is 11.8. The smallest absolute Gasteiger partial charge is 0.255 e. The Balaban J connectivity index is 0.000000226. The Kier molecular flexibility index (Phi) is 15.4. The molecule has 0 spiro atoms. The highest BCUT2D eigenvalue weighted by atomic mass is 16.5. The van der Waals surface area contributed by atoms with Crippen LogP contribution in [0, 0.1) is 18.3 Å². The van der Waals surface area contributed by atoms with Gasteiger partial charge in [-0.05, 0) is 111 Å². The Bertz CT molecular complexity index is 2790. The molecule has 1 saturated heterocycles. The lowest BCUT2D eigenvalue weighted by molar-refractivity contribution is 0.0944. The topological polar surface area (TPSA) is 178 Å². The number of nitrogens with one attached hydrogen (secondary N) is 3. The minimum Gasteiger partial charge on any atom is -0.493 e. The summed E-state index contributed by atoms with van der Waals surface area (Å²) < 4.78 is 28.5. The Labute approximate surface area is 391 Å². The van der Waals surface area contributed by atoms with Crippen molar-refractivity contribution in [2.45, 2.75) is 45.4 Å². The van der Waals surface area contributed by atoms with Crippen LogP contribution in [0.3, 0.4) is 0 Å². The van der Waals surface area contributed by atoms with Crippen molar-refractivity contribution in [2.75, 3.05) is 76.8 Å². The quantitative estimate of drug-likeness (QED) is 0.0955. The number of aryl methyl sites for hydroxylation is 2. The number of benzene rings is 5. The average Bonchev–Trinajstić information content (AvgIpc) is 3.64. The molecule has 1 aromatic heterocycles. The Morgan fingerprint density at radius 1 is 0.687 bits per heavy atom. The first-order chi connectivity index (χ1) is 32.0. The van der Waals surface area contributed by atoms with Crippen LogP contribution < -0.4 is 39.8 Å². The van der Waals surface area contributed by atoms with Crippen LogP contribution in [-0.2, 0) is 22.6 Å². The Morgan fingerprint density at radius 3 is 1.76 bits per heavy atom. The number of ether oxygens (including phenoxy) is 5. The number of fused-ring (bicyclic) bond motifs is 1. The van der Waals surface area contributed by atoms with Crippen molar-refractivity contribution in [3.8, 4) is 29.1 Å². The zero-order valence-corrected chi connectivity index (χ0v) is 39.8. The van der Waals surface area contributed by atoms with Gasteiger partial charge in [-0.25, -0.2) is 4.98 Å². The average molecular weight is 910 g/mol. The zero-order valence-electron chi connectivity index (χ0n) is 39.8. The van der Waals surface area contributed by atoms with Gasteiger partial charge in [0.05, 0.1) is 64.2 Å². The van der Waals surface area contributed by atoms with E-state index in [2.05, 4.69) is 45.8 Å². The predicted octanol–water partition coefficient (Wildman–Crippen LogP) is 8.45. The van der Waals surface area contributed by atoms with Crippen LogP contribution in [0.5, 0.6) is 23.0 Å². The fourth-order valence-electron chi connectivity index (χ4n) is 7.60. The van der Waals surface area contributed by atoms with Gasteiger partial charge in [-0.15, -0.1) is 0 Å². The van der Waals surface area contributed by atoms with Crippen molar-refractivity contribution in [1.29, 1.82) is 5.26 Å². The molecular weight excluding hydrogens is 851 g/mol. The number of morpholine rings is 1. The van der Waals surface area contributed by atoms with E-state index in [9.17, 15) is 19.6 Å². The first-order valence-electron chi connectivity index (χ1n) is 21.8. The lowest BCUT2D eigenvalue weighted by Gasteiger charge is -2.33. The van der Waals surface area contributed by atoms with Crippen molar-refractivity contribution < 1.29 is 38.1 Å². The first kappa shape index (κ1) is 48.9. The van der Waals surface area contributed by atoms with Gasteiger partial charge in [-0.2, -0.15) is 5.26 Å². The Hall–Kier alpha value is -7.57. The molecule has 3 amide bonds. The maximum Gasteiger partial charge on any atom is 0.255 e. The highest BCUT2D eigenvalue weighted by Gasteiger charge is 2.27. The molecule has 0 unspecified atom stereocenters. The molecule has 2 heterocycles. The summed E-state index contributed by atoms with van der Waals surface area (Å²) in [5, 5.41) is 18.5. The number of carbonyl (C=O) groups is 3. The largest absolute Gasteiger partial charge is 0.493 e. The van der Waals surface area contributed by atoms with Crippen molar-refractivity contribution >= 4 is 45.8 Å². The lowest BCUT2D eigenvalue weighted by atomic mass is 9.84. The molecule has 350 valence electrons. The van der Waals surface area contributed by atoms with Gasteiger partial charge in [0.1, 0.15) is 5.82 Å². The fourth-order valence-corrected chi connectivity index (χ4v) is 7.60. The standard InChI is InChI=1S/C29H32N4O4.C23H27N3O4/c1-18-31-23-15-19(7-13-24(23)33(18)4)27(34)30-17-29(2,3)21-9-11-22(12-10-21)32-28(35)20-8-14-25(36-5)26(16-20)37-6;1-23(2,15-24)18-7-6-17(14-19(18)26-9-11-30-12-10-26)25-22(27)16-5-8-20(28-3)21(13-16)29-4/h7-16H,17H2,1-6H3,(H,30,34)(H,32,35);5-8,13-14H,9-12H2,1-4H3,(H,25,27). The van der Waals surface area contributed by atoms with Crippen molar-refractivity contribution in [2.24, 2.45) is 7.05 Å². The number of anilines is 3. The van der Waals surface area contributed by atoms with Gasteiger partial charge in [0.25, 0.3) is 17.7 Å². The molecule has 1 fully saturated rings. The van der Waals surface area contributed by atoms with E-state index in [0.717, 1.165) is 46.8 Å². The van der Waals surface area contributed by atoms with Crippen molar-refractivity contribution in [3.63, 3.8) is 0 Å². The van der Waals surface area contributed by atoms with E-state index in [4.69, 9.17) is 23.7 Å². The van der Waals surface area contributed by atoms with Crippen molar-refractivity contribution in [3.05, 3.63) is 131 Å². The summed E-state index contributed by atoms with van der Waals surface area (Å²) in [4.78, 5) is 45.1. The molecule has 15 heteroatoms. The summed E-state index contributed by atoms with van der Waals surface area (Å²) in [6, 6.07) is 31.3. The highest BCUT2D eigenvalue weighted by Crippen LogP contribution is 2.36. The first-order valence-corrected chi connectivity index (χ1v) is 21.8. The third-order valence-corrected chi connectivity index (χ3v) is 11.8. The molecular formula is C52H59N7O8. The molecule has 1 aliphatic rings. The molecule has 0 atom stereocenters. The highest BCUT2D eigenvalue weighted by molar-refractivity contribution is 6.05. The molecule has 3 N–H and O–H groups in total. The molecule has 15 nitrogen and oxygen atoms in total. The van der Waals surface area contributed by atoms with E-state index in [1.165, 1.54) is 14.2 Å². The summed E-state index contributed by atoms with van der Waals surface area (Å²) in [7, 11) is 8.12. The number of imidazole rings is 1. The van der Waals surface area contributed by atoms with Crippen molar-refractivity contribution in [1.82, 2.24) is 14.9 Å². The van der Waals surface area contributed by atoms with Gasteiger partial charge in [-0.3, -0.25) is 14.4 Å². The number of hydrogen-bond donors (Lipinski definition) is 3. The van der Waals surface area contributed by atoms with Gasteiger partial charge in [0.2, 0.25) is 0 Å². The second-order valence-electron chi connectivity index (χ2n) is 17.2. The number of amides is 3. The molecule has 0 saturated carbocycles. The van der Waals surface area contributed by atoms with E-state index in [-0.39, 0.29) is 23.1 Å². The molecule has 0 radical (unpaired) electrons. The minimum absolute atomic E-state index is 0.142. The summed E-state index contributed by atoms with van der Waals surface area (Å²) in [5.74, 6) is 2.36. The van der Waals surface area contributed by atoms with Gasteiger partial charge >= 0.3 is 0 Å². The number of aromatic nitrogens is 2. The number of methoxy groups -OCH3 is 4. The van der Waals surface area contributed by atoms with E-state index < -0.39 is 5.41 Å². The number of rotatable bonds is 14. The summed E-state index contributed by atoms with van der Waals surface area (Å²) >= 11 is 0. The number of nitrogens with zero attached hydrogens (tertiary/aromatic N) is 4. The molecule has 1 aliphatic heterocycles. The molecule has 0 aliphatic carbocycles. The van der Waals surface area contributed by atoms with E-state index in [0.29, 0.717) is 70.8 Å². The summed E-state index contributed by atoms with van der Waals surface area (Å²) in [6.45, 7) is 13.1. The SMILES string of the molecule is COc1ccc(C(=O)Nc2ccc(C(C)(C)C#N)c(N3CCOCC3)c2)cc1OC.COc1ccc(C(=O)Nc2ccc(C(C)(C)CNC(=O)c3ccc4c(c3)nc(C)n4C)cc2)cc1OC. The third kappa shape index (κ3) is 11.5. The lowest BCUT2D eigenvalue weighted by Crippen LogP contribution is -2.37. The van der Waals surface area contributed by atoms with E-state index in [1.807, 2.05) is 93.0 Å². The number of nitriles is 1. The summed E-state index contributed by atoms with van der Waals surface area (Å²) in [5.41, 5.74) is 6.55. The van der Waals surface area contributed by atoms with Crippen LogP contribution in [0.15, 0.2) is 97.1 Å². The van der Waals surface area contributed by atoms with E-state index in [1.54, 1.807) is 50.6 Å². The molecule has 6 aromatic rings. The molecule has 7 rings (SSSR count). The minimum atomic E-state index is -0.653. The van der Waals surface area contributed by atoms with Gasteiger partial charge in [0, 0.05) is 65.8 Å².